The summed E-state index contributed by atoms with van der Waals surface area (Å²) in [5, 5.41) is 0. The van der Waals surface area contributed by atoms with Crippen molar-refractivity contribution < 1.29 is 18.0 Å². The van der Waals surface area contributed by atoms with Gasteiger partial charge in [-0.1, -0.05) is 60.7 Å². The van der Waals surface area contributed by atoms with Gasteiger partial charge in [-0.3, -0.25) is 0 Å². The minimum atomic E-state index is 0.987. The van der Waals surface area contributed by atoms with Crippen LogP contribution in [0.25, 0.3) is 0 Å². The Labute approximate surface area is 172 Å². The largest absolute Gasteiger partial charge is 0.113 e. The third-order valence-corrected chi connectivity index (χ3v) is 7.51. The van der Waals surface area contributed by atoms with E-state index >= 15 is 0 Å². The topological polar surface area (TPSA) is 0 Å². The van der Waals surface area contributed by atoms with Crippen LogP contribution < -0.4 is 0 Å². The second-order valence-corrected chi connectivity index (χ2v) is 10.0. The van der Waals surface area contributed by atoms with Crippen LogP contribution >= 0.6 is 8.58 Å². The second-order valence-electron chi connectivity index (χ2n) is 6.46. The molecule has 0 saturated carbocycles. The van der Waals surface area contributed by atoms with Gasteiger partial charge in [0.2, 0.25) is 0 Å². The fourth-order valence-electron chi connectivity index (χ4n) is 2.44. The molecule has 0 fully saturated rings. The maximum absolute atomic E-state index is 2.28. The van der Waals surface area contributed by atoms with Crippen molar-refractivity contribution in [2.75, 3.05) is 0 Å². The quantitative estimate of drug-likeness (QED) is 0.169. The average Bonchev–Trinajstić information content (AvgIpc) is 2.70. The zero-order valence-electron chi connectivity index (χ0n) is 16.7. The standard InChI is InChI=1S/C14H15P.2C5H11.Pd/c1-3-7-13(8-4-1)11-15-12-14-9-5-2-6-10-14;2*1-3-5-4-2;/h1-10,15H,11-12H2;2*1,3-5H2,2H3;. The maximum Gasteiger partial charge on any atom is -0.00976 e. The smallest absolute Gasteiger partial charge is 0.00976 e. The summed E-state index contributed by atoms with van der Waals surface area (Å²) in [5.41, 5.74) is 2.90. The predicted molar refractivity (Wildman–Crippen MR) is 117 cm³/mol. The van der Waals surface area contributed by atoms with Gasteiger partial charge in [0.15, 0.2) is 0 Å². The van der Waals surface area contributed by atoms with E-state index in [1.807, 2.05) is 0 Å². The molecule has 0 bridgehead atoms. The fourth-order valence-corrected chi connectivity index (χ4v) is 5.56. The molecule has 2 heteroatoms. The van der Waals surface area contributed by atoms with E-state index in [2.05, 4.69) is 74.5 Å². The zero-order chi connectivity index (χ0) is 18.7. The minimum absolute atomic E-state index is 0.987. The molecule has 0 aliphatic rings. The summed E-state index contributed by atoms with van der Waals surface area (Å²) in [6.07, 6.45) is 11.0. The molecule has 2 rings (SSSR count). The van der Waals surface area contributed by atoms with Crippen LogP contribution in [0.1, 0.15) is 63.5 Å². The van der Waals surface area contributed by atoms with E-state index in [4.69, 9.17) is 0 Å². The van der Waals surface area contributed by atoms with E-state index in [9.17, 15) is 0 Å². The Morgan fingerprint density at radius 3 is 1.42 bits per heavy atom. The van der Waals surface area contributed by atoms with Crippen molar-refractivity contribution >= 4 is 8.58 Å². The molecule has 2 aromatic rings. The zero-order valence-corrected chi connectivity index (χ0v) is 19.2. The monoisotopic (exact) mass is 462 g/mol. The second kappa shape index (κ2) is 17.9. The number of unbranched alkanes of at least 4 members (excludes halogenated alkanes) is 4. The summed E-state index contributed by atoms with van der Waals surface area (Å²) in [7, 11) is 0.987. The van der Waals surface area contributed by atoms with Gasteiger partial charge in [0.25, 0.3) is 0 Å². The van der Waals surface area contributed by atoms with Gasteiger partial charge < -0.3 is 0 Å². The molecule has 0 aromatic heterocycles. The van der Waals surface area contributed by atoms with E-state index in [1.54, 1.807) is 0 Å². The molecule has 148 valence electrons. The third kappa shape index (κ3) is 13.7. The number of rotatable bonds is 12. The Morgan fingerprint density at radius 2 is 1.04 bits per heavy atom. The molecule has 0 unspecified atom stereocenters. The molecule has 0 saturated heterocycles. The SMILES string of the molecule is CCCC[CH2][Pd][CH2]CCCC.c1ccc(CPCc2ccccc2)cc1. The number of hydrogen-bond acceptors (Lipinski definition) is 0. The van der Waals surface area contributed by atoms with Gasteiger partial charge in [0.1, 0.15) is 0 Å². The van der Waals surface area contributed by atoms with Crippen molar-refractivity contribution in [1.82, 2.24) is 0 Å². The summed E-state index contributed by atoms with van der Waals surface area (Å²) in [6, 6.07) is 21.4. The molecule has 0 amide bonds. The molecule has 0 aliphatic carbocycles. The summed E-state index contributed by atoms with van der Waals surface area (Å²) in [4.78, 5) is 3.04. The van der Waals surface area contributed by atoms with Crippen LogP contribution in [0.5, 0.6) is 0 Å². The first kappa shape index (κ1) is 23.6. The molecule has 0 N–H and O–H groups in total. The van der Waals surface area contributed by atoms with E-state index in [0.717, 1.165) is 26.6 Å². The van der Waals surface area contributed by atoms with Crippen LogP contribution in [-0.4, -0.2) is 0 Å². The van der Waals surface area contributed by atoms with Crippen molar-refractivity contribution in [1.29, 1.82) is 0 Å². The molecular formula is C24H37PPd. The van der Waals surface area contributed by atoms with E-state index < -0.39 is 0 Å². The Bertz CT molecular complexity index is 465. The molecule has 0 aliphatic heterocycles. The summed E-state index contributed by atoms with van der Waals surface area (Å²) in [5.74, 6) is 0. The first-order valence-corrected chi connectivity index (χ1v) is 13.7. The van der Waals surface area contributed by atoms with E-state index in [0.29, 0.717) is 0 Å². The molecule has 0 heterocycles. The van der Waals surface area contributed by atoms with Crippen molar-refractivity contribution in [3.8, 4) is 0 Å². The van der Waals surface area contributed by atoms with Gasteiger partial charge >= 0.3 is 80.1 Å². The van der Waals surface area contributed by atoms with Crippen LogP contribution in [0.3, 0.4) is 0 Å². The molecule has 26 heavy (non-hydrogen) atoms. The summed E-state index contributed by atoms with van der Waals surface area (Å²) in [6.45, 7) is 4.56. The molecular weight excluding hydrogens is 426 g/mol. The molecule has 2 aromatic carbocycles. The van der Waals surface area contributed by atoms with Crippen LogP contribution in [0.4, 0.5) is 0 Å². The number of hydrogen-bond donors (Lipinski definition) is 0. The Kier molecular flexibility index (Phi) is 16.2. The Hall–Kier alpha value is -0.468. The minimum Gasteiger partial charge on any atom is -0.113 e. The predicted octanol–water partition coefficient (Wildman–Crippen LogP) is 8.35. The molecule has 0 nitrogen and oxygen atoms in total. The van der Waals surface area contributed by atoms with E-state index in [1.165, 1.54) is 71.8 Å². The van der Waals surface area contributed by atoms with Crippen molar-refractivity contribution in [3.63, 3.8) is 0 Å². The van der Waals surface area contributed by atoms with Gasteiger partial charge in [-0.2, -0.15) is 0 Å². The van der Waals surface area contributed by atoms with Crippen molar-refractivity contribution in [2.45, 2.75) is 74.5 Å². The van der Waals surface area contributed by atoms with Crippen molar-refractivity contribution in [3.05, 3.63) is 71.8 Å². The van der Waals surface area contributed by atoms with Crippen LogP contribution in [0.15, 0.2) is 60.7 Å². The van der Waals surface area contributed by atoms with Gasteiger partial charge in [0, 0.05) is 0 Å². The molecule has 0 atom stereocenters. The van der Waals surface area contributed by atoms with E-state index in [-0.39, 0.29) is 0 Å². The Morgan fingerprint density at radius 1 is 0.615 bits per heavy atom. The fraction of sp³-hybridized carbons (Fsp3) is 0.500. The Balaban J connectivity index is 0.000000276. The first-order chi connectivity index (χ1) is 12.9. The van der Waals surface area contributed by atoms with Crippen LogP contribution in [-0.2, 0) is 30.3 Å². The van der Waals surface area contributed by atoms with Crippen LogP contribution in [0, 0.1) is 0 Å². The van der Waals surface area contributed by atoms with Gasteiger partial charge in [-0.25, -0.2) is 0 Å². The van der Waals surface area contributed by atoms with Crippen molar-refractivity contribution in [2.24, 2.45) is 0 Å². The van der Waals surface area contributed by atoms with Gasteiger partial charge in [-0.05, 0) is 23.5 Å². The normalized spacial score (nSPS) is 10.4. The molecule has 0 radical (unpaired) electrons. The summed E-state index contributed by atoms with van der Waals surface area (Å²) < 4.78 is 0. The van der Waals surface area contributed by atoms with Gasteiger partial charge in [0.05, 0.1) is 0 Å². The summed E-state index contributed by atoms with van der Waals surface area (Å²) >= 11 is 1.08. The third-order valence-electron chi connectivity index (χ3n) is 4.00. The molecule has 0 spiro atoms. The maximum atomic E-state index is 2.28. The average molecular weight is 463 g/mol. The van der Waals surface area contributed by atoms with Gasteiger partial charge in [-0.15, -0.1) is 8.58 Å². The number of benzene rings is 2. The first-order valence-electron chi connectivity index (χ1n) is 10.1. The van der Waals surface area contributed by atoms with Crippen LogP contribution in [0.2, 0.25) is 9.79 Å².